The first-order valence-electron chi connectivity index (χ1n) is 8.34. The van der Waals surface area contributed by atoms with Gasteiger partial charge in [-0.2, -0.15) is 0 Å². The molecule has 136 valence electrons. The number of amides is 1. The molecule has 0 saturated heterocycles. The van der Waals surface area contributed by atoms with E-state index >= 15 is 0 Å². The number of benzene rings is 1. The summed E-state index contributed by atoms with van der Waals surface area (Å²) in [5.74, 6) is 1.29. The summed E-state index contributed by atoms with van der Waals surface area (Å²) in [7, 11) is 1.62. The Hall–Kier alpha value is -2.73. The van der Waals surface area contributed by atoms with Crippen molar-refractivity contribution in [3.8, 4) is 11.5 Å². The molecular weight excluding hydrogens is 350 g/mol. The predicted molar refractivity (Wildman–Crippen MR) is 101 cm³/mol. The van der Waals surface area contributed by atoms with Gasteiger partial charge in [-0.25, -0.2) is 0 Å². The highest BCUT2D eigenvalue weighted by Crippen LogP contribution is 2.30. The van der Waals surface area contributed by atoms with Crippen molar-refractivity contribution in [2.45, 2.75) is 20.1 Å². The number of carbonyl (C=O) groups is 1. The number of methoxy groups -OCH3 is 1. The molecule has 0 atom stereocenters. The summed E-state index contributed by atoms with van der Waals surface area (Å²) in [4.78, 5) is 15.4. The molecule has 0 aliphatic carbocycles. The molecule has 0 aliphatic rings. The number of thiophene rings is 1. The van der Waals surface area contributed by atoms with Crippen LogP contribution in [0.25, 0.3) is 0 Å². The molecule has 6 heteroatoms. The van der Waals surface area contributed by atoms with Crippen molar-refractivity contribution in [1.82, 2.24) is 4.90 Å². The number of ether oxygens (including phenoxy) is 2. The smallest absolute Gasteiger partial charge is 0.257 e. The topological polar surface area (TPSA) is 51.9 Å². The second kappa shape index (κ2) is 8.58. The minimum Gasteiger partial charge on any atom is -0.493 e. The Bertz CT molecular complexity index is 828. The van der Waals surface area contributed by atoms with Crippen molar-refractivity contribution in [1.29, 1.82) is 0 Å². The van der Waals surface area contributed by atoms with E-state index in [0.29, 0.717) is 36.8 Å². The van der Waals surface area contributed by atoms with Crippen LogP contribution in [-0.2, 0) is 13.2 Å². The molecular formula is C20H21NO4S. The monoisotopic (exact) mass is 371 g/mol. The summed E-state index contributed by atoms with van der Waals surface area (Å²) in [6.07, 6.45) is 2.97. The van der Waals surface area contributed by atoms with Crippen LogP contribution >= 0.6 is 11.3 Å². The molecule has 3 aromatic rings. The van der Waals surface area contributed by atoms with E-state index in [1.165, 1.54) is 12.5 Å². The normalized spacial score (nSPS) is 10.5. The van der Waals surface area contributed by atoms with Crippen LogP contribution in [0.5, 0.6) is 11.5 Å². The fourth-order valence-electron chi connectivity index (χ4n) is 2.59. The van der Waals surface area contributed by atoms with E-state index in [1.807, 2.05) is 42.6 Å². The van der Waals surface area contributed by atoms with Crippen LogP contribution in [0.4, 0.5) is 0 Å². The van der Waals surface area contributed by atoms with Crippen LogP contribution in [0.3, 0.4) is 0 Å². The second-order valence-electron chi connectivity index (χ2n) is 5.68. The lowest BCUT2D eigenvalue weighted by Gasteiger charge is -2.21. The highest BCUT2D eigenvalue weighted by molar-refractivity contribution is 7.09. The summed E-state index contributed by atoms with van der Waals surface area (Å²) < 4.78 is 16.3. The van der Waals surface area contributed by atoms with Gasteiger partial charge in [-0.1, -0.05) is 12.1 Å². The molecule has 0 spiro atoms. The third-order valence-corrected chi connectivity index (χ3v) is 4.84. The van der Waals surface area contributed by atoms with Crippen LogP contribution in [0.15, 0.2) is 58.7 Å². The van der Waals surface area contributed by atoms with Gasteiger partial charge in [0.15, 0.2) is 11.5 Å². The fraction of sp³-hybridized carbons (Fsp3) is 0.250. The van der Waals surface area contributed by atoms with E-state index in [4.69, 9.17) is 13.9 Å². The largest absolute Gasteiger partial charge is 0.493 e. The number of carbonyl (C=O) groups excluding carboxylic acids is 1. The van der Waals surface area contributed by atoms with Crippen molar-refractivity contribution < 1.29 is 18.7 Å². The molecule has 3 rings (SSSR count). The summed E-state index contributed by atoms with van der Waals surface area (Å²) in [6.45, 7) is 3.55. The van der Waals surface area contributed by atoms with Gasteiger partial charge in [0.1, 0.15) is 12.9 Å². The van der Waals surface area contributed by atoms with Gasteiger partial charge in [-0.3, -0.25) is 4.79 Å². The van der Waals surface area contributed by atoms with Crippen LogP contribution in [-0.4, -0.2) is 24.5 Å². The summed E-state index contributed by atoms with van der Waals surface area (Å²) in [6, 6.07) is 11.5. The molecule has 0 fully saturated rings. The van der Waals surface area contributed by atoms with Gasteiger partial charge in [0.05, 0.1) is 18.9 Å². The quantitative estimate of drug-likeness (QED) is 0.581. The maximum Gasteiger partial charge on any atom is 0.257 e. The number of hydrogen-bond acceptors (Lipinski definition) is 5. The molecule has 0 radical (unpaired) electrons. The van der Waals surface area contributed by atoms with Crippen LogP contribution < -0.4 is 9.47 Å². The van der Waals surface area contributed by atoms with Crippen LogP contribution in [0, 0.1) is 0 Å². The van der Waals surface area contributed by atoms with Crippen molar-refractivity contribution >= 4 is 17.2 Å². The van der Waals surface area contributed by atoms with E-state index in [0.717, 1.165) is 10.4 Å². The summed E-state index contributed by atoms with van der Waals surface area (Å²) >= 11 is 1.65. The van der Waals surface area contributed by atoms with E-state index in [2.05, 4.69) is 0 Å². The highest BCUT2D eigenvalue weighted by atomic mass is 32.1. The summed E-state index contributed by atoms with van der Waals surface area (Å²) in [5, 5.41) is 2.02. The van der Waals surface area contributed by atoms with Gasteiger partial charge >= 0.3 is 0 Å². The zero-order valence-corrected chi connectivity index (χ0v) is 15.6. The van der Waals surface area contributed by atoms with Gasteiger partial charge in [-0.05, 0) is 42.1 Å². The zero-order valence-electron chi connectivity index (χ0n) is 14.8. The maximum atomic E-state index is 12.5. The Balaban J connectivity index is 1.70. The molecule has 0 unspecified atom stereocenters. The second-order valence-corrected chi connectivity index (χ2v) is 6.72. The average molecular weight is 371 g/mol. The third kappa shape index (κ3) is 4.26. The van der Waals surface area contributed by atoms with Crippen molar-refractivity contribution in [3.63, 3.8) is 0 Å². The summed E-state index contributed by atoms with van der Waals surface area (Å²) in [5.41, 5.74) is 1.53. The zero-order chi connectivity index (χ0) is 18.4. The van der Waals surface area contributed by atoms with Gasteiger partial charge in [0.25, 0.3) is 5.91 Å². The van der Waals surface area contributed by atoms with E-state index < -0.39 is 0 Å². The molecule has 26 heavy (non-hydrogen) atoms. The van der Waals surface area contributed by atoms with Crippen molar-refractivity contribution in [2.75, 3.05) is 13.7 Å². The van der Waals surface area contributed by atoms with Gasteiger partial charge in [0, 0.05) is 18.0 Å². The van der Waals surface area contributed by atoms with Crippen LogP contribution in [0.1, 0.15) is 27.7 Å². The lowest BCUT2D eigenvalue weighted by molar-refractivity contribution is 0.0751. The first-order chi connectivity index (χ1) is 12.7. The van der Waals surface area contributed by atoms with E-state index in [1.54, 1.807) is 29.4 Å². The molecule has 1 aromatic carbocycles. The molecule has 0 bridgehead atoms. The number of furan rings is 1. The Morgan fingerprint density at radius 2 is 2.12 bits per heavy atom. The van der Waals surface area contributed by atoms with E-state index in [-0.39, 0.29) is 5.91 Å². The lowest BCUT2D eigenvalue weighted by Crippen LogP contribution is -2.30. The Labute approximate surface area is 156 Å². The highest BCUT2D eigenvalue weighted by Gasteiger charge is 2.16. The molecule has 0 saturated carbocycles. The minimum absolute atomic E-state index is 0.0572. The first kappa shape index (κ1) is 18.1. The number of rotatable bonds is 8. The predicted octanol–water partition coefficient (Wildman–Crippen LogP) is 4.59. The molecule has 5 nitrogen and oxygen atoms in total. The number of nitrogens with zero attached hydrogens (tertiary/aromatic N) is 1. The van der Waals surface area contributed by atoms with Crippen LogP contribution in [0.2, 0.25) is 0 Å². The molecule has 0 N–H and O–H groups in total. The van der Waals surface area contributed by atoms with Gasteiger partial charge in [-0.15, -0.1) is 11.3 Å². The molecule has 2 aromatic heterocycles. The SMILES string of the molecule is CCN(Cc1ccc(OCc2cccs2)c(OC)c1)C(=O)c1ccoc1. The first-order valence-corrected chi connectivity index (χ1v) is 9.22. The van der Waals surface area contributed by atoms with E-state index in [9.17, 15) is 4.79 Å². The Morgan fingerprint density at radius 3 is 2.77 bits per heavy atom. The Kier molecular flexibility index (Phi) is 5.96. The van der Waals surface area contributed by atoms with Crippen molar-refractivity contribution in [3.05, 3.63) is 70.3 Å². The number of hydrogen-bond donors (Lipinski definition) is 0. The lowest BCUT2D eigenvalue weighted by atomic mass is 10.1. The van der Waals surface area contributed by atoms with Gasteiger partial charge < -0.3 is 18.8 Å². The van der Waals surface area contributed by atoms with Crippen molar-refractivity contribution in [2.24, 2.45) is 0 Å². The standard InChI is InChI=1S/C20H21NO4S/c1-3-21(20(22)16-8-9-24-13-16)12-15-6-7-18(19(11-15)23-2)25-14-17-5-4-10-26-17/h4-11,13H,3,12,14H2,1-2H3. The molecule has 1 amide bonds. The average Bonchev–Trinajstić information content (AvgIpc) is 3.38. The maximum absolute atomic E-state index is 12.5. The molecule has 0 aliphatic heterocycles. The third-order valence-electron chi connectivity index (χ3n) is 3.99. The molecule has 2 heterocycles. The Morgan fingerprint density at radius 1 is 1.23 bits per heavy atom. The fourth-order valence-corrected chi connectivity index (χ4v) is 3.21. The van der Waals surface area contributed by atoms with Gasteiger partial charge in [0.2, 0.25) is 0 Å². The minimum atomic E-state index is -0.0572.